The van der Waals surface area contributed by atoms with Gasteiger partial charge in [0.1, 0.15) is 18.4 Å². The zero-order valence-corrected chi connectivity index (χ0v) is 18.1. The minimum atomic E-state index is -4.45. The van der Waals surface area contributed by atoms with Gasteiger partial charge in [-0.2, -0.15) is 18.4 Å². The Hall–Kier alpha value is -3.74. The number of phenolic OH excluding ortho intramolecular Hbond substituents is 1. The van der Waals surface area contributed by atoms with E-state index in [0.717, 1.165) is 25.0 Å². The van der Waals surface area contributed by atoms with Crippen LogP contribution in [0.2, 0.25) is 0 Å². The first-order valence-corrected chi connectivity index (χ1v) is 10.8. The molecule has 3 atom stereocenters. The van der Waals surface area contributed by atoms with Crippen LogP contribution in [0, 0.1) is 17.2 Å². The minimum Gasteiger partial charge on any atom is -0.508 e. The highest BCUT2D eigenvalue weighted by Crippen LogP contribution is 2.29. The second-order valence-corrected chi connectivity index (χ2v) is 8.08. The molecule has 10 heteroatoms. The maximum atomic E-state index is 12.9. The summed E-state index contributed by atoms with van der Waals surface area (Å²) < 4.78 is 43.1. The van der Waals surface area contributed by atoms with E-state index in [9.17, 15) is 33.1 Å². The van der Waals surface area contributed by atoms with E-state index in [2.05, 4.69) is 10.6 Å². The van der Waals surface area contributed by atoms with E-state index in [1.165, 1.54) is 24.3 Å². The van der Waals surface area contributed by atoms with E-state index in [4.69, 9.17) is 4.74 Å². The Bertz CT molecular complexity index is 1050. The molecule has 1 aliphatic carbocycles. The minimum absolute atomic E-state index is 0.0278. The van der Waals surface area contributed by atoms with Crippen LogP contribution in [-0.2, 0) is 22.3 Å². The molecule has 0 spiro atoms. The highest BCUT2D eigenvalue weighted by Gasteiger charge is 2.34. The first-order valence-electron chi connectivity index (χ1n) is 10.8. The molecule has 1 fully saturated rings. The number of nitrogens with one attached hydrogen (secondary N) is 2. The van der Waals surface area contributed by atoms with Crippen molar-refractivity contribution < 1.29 is 32.6 Å². The van der Waals surface area contributed by atoms with E-state index in [1.807, 2.05) is 6.07 Å². The molecule has 0 heterocycles. The van der Waals surface area contributed by atoms with Crippen LogP contribution >= 0.6 is 0 Å². The highest BCUT2D eigenvalue weighted by molar-refractivity contribution is 5.81. The molecule has 3 unspecified atom stereocenters. The summed E-state index contributed by atoms with van der Waals surface area (Å²) in [6.07, 6.45) is -2.61. The number of nitrogens with zero attached hydrogens (tertiary/aromatic N) is 1. The summed E-state index contributed by atoms with van der Waals surface area (Å²) in [5, 5.41) is 24.4. The van der Waals surface area contributed by atoms with E-state index >= 15 is 0 Å². The third kappa shape index (κ3) is 6.63. The SMILES string of the molecule is N#CC(NC(=O)C1CCCCC1NC(=O)OCc1ccc(C(F)(F)F)cc1)c1cccc(O)c1. The van der Waals surface area contributed by atoms with Gasteiger partial charge in [-0.05, 0) is 48.2 Å². The molecule has 0 radical (unpaired) electrons. The molecule has 2 aromatic carbocycles. The van der Waals surface area contributed by atoms with Crippen LogP contribution in [-0.4, -0.2) is 23.1 Å². The van der Waals surface area contributed by atoms with Gasteiger partial charge in [0.15, 0.2) is 0 Å². The van der Waals surface area contributed by atoms with Crippen molar-refractivity contribution in [3.05, 3.63) is 65.2 Å². The van der Waals surface area contributed by atoms with E-state index in [-0.39, 0.29) is 12.4 Å². The monoisotopic (exact) mass is 475 g/mol. The Morgan fingerprint density at radius 3 is 2.50 bits per heavy atom. The third-order valence-electron chi connectivity index (χ3n) is 5.68. The predicted molar refractivity (Wildman–Crippen MR) is 115 cm³/mol. The molecule has 0 saturated heterocycles. The Labute approximate surface area is 194 Å². The first-order chi connectivity index (χ1) is 16.2. The molecular weight excluding hydrogens is 451 g/mol. The Balaban J connectivity index is 1.57. The number of alkyl carbamates (subject to hydrolysis) is 1. The maximum absolute atomic E-state index is 12.9. The molecule has 0 aromatic heterocycles. The fourth-order valence-corrected chi connectivity index (χ4v) is 3.89. The molecule has 3 N–H and O–H groups in total. The van der Waals surface area contributed by atoms with Gasteiger partial charge in [0.2, 0.25) is 5.91 Å². The highest BCUT2D eigenvalue weighted by atomic mass is 19.4. The number of hydrogen-bond acceptors (Lipinski definition) is 5. The number of carbonyl (C=O) groups is 2. The molecule has 7 nitrogen and oxygen atoms in total. The average molecular weight is 475 g/mol. The Kier molecular flexibility index (Phi) is 7.99. The largest absolute Gasteiger partial charge is 0.508 e. The van der Waals surface area contributed by atoms with E-state index in [1.54, 1.807) is 12.1 Å². The predicted octanol–water partition coefficient (Wildman–Crippen LogP) is 4.58. The van der Waals surface area contributed by atoms with E-state index < -0.39 is 41.7 Å². The number of benzene rings is 2. The molecule has 1 aliphatic rings. The maximum Gasteiger partial charge on any atom is 0.416 e. The molecule has 180 valence electrons. The summed E-state index contributed by atoms with van der Waals surface area (Å²) in [6.45, 7) is -0.221. The molecule has 1 saturated carbocycles. The molecule has 34 heavy (non-hydrogen) atoms. The number of alkyl halides is 3. The molecule has 3 rings (SSSR count). The summed E-state index contributed by atoms with van der Waals surface area (Å²) in [4.78, 5) is 25.2. The fraction of sp³-hybridized carbons (Fsp3) is 0.375. The van der Waals surface area contributed by atoms with Gasteiger partial charge in [0, 0.05) is 6.04 Å². The van der Waals surface area contributed by atoms with Gasteiger partial charge in [-0.1, -0.05) is 37.1 Å². The van der Waals surface area contributed by atoms with Gasteiger partial charge in [-0.3, -0.25) is 4.79 Å². The molecular formula is C24H24F3N3O4. The number of amides is 2. The quantitative estimate of drug-likeness (QED) is 0.567. The van der Waals surface area contributed by atoms with Crippen molar-refractivity contribution >= 4 is 12.0 Å². The lowest BCUT2D eigenvalue weighted by atomic mass is 9.83. The number of carbonyl (C=O) groups excluding carboxylic acids is 2. The zero-order valence-electron chi connectivity index (χ0n) is 18.1. The van der Waals surface area contributed by atoms with Crippen molar-refractivity contribution in [2.24, 2.45) is 5.92 Å². The lowest BCUT2D eigenvalue weighted by Gasteiger charge is -2.31. The van der Waals surface area contributed by atoms with Crippen LogP contribution in [0.25, 0.3) is 0 Å². The smallest absolute Gasteiger partial charge is 0.416 e. The fourth-order valence-electron chi connectivity index (χ4n) is 3.89. The summed E-state index contributed by atoms with van der Waals surface area (Å²) >= 11 is 0. The Morgan fingerprint density at radius 1 is 1.15 bits per heavy atom. The first kappa shape index (κ1) is 24.9. The lowest BCUT2D eigenvalue weighted by Crippen LogP contribution is -2.49. The van der Waals surface area contributed by atoms with Crippen LogP contribution < -0.4 is 10.6 Å². The number of ether oxygens (including phenoxy) is 1. The second kappa shape index (κ2) is 10.9. The van der Waals surface area contributed by atoms with Crippen LogP contribution in [0.1, 0.15) is 48.4 Å². The van der Waals surface area contributed by atoms with Crippen molar-refractivity contribution in [3.8, 4) is 11.8 Å². The second-order valence-electron chi connectivity index (χ2n) is 8.08. The van der Waals surface area contributed by atoms with Gasteiger partial charge in [0.25, 0.3) is 0 Å². The zero-order chi connectivity index (χ0) is 24.7. The van der Waals surface area contributed by atoms with Crippen molar-refractivity contribution in [2.45, 2.75) is 50.6 Å². The van der Waals surface area contributed by atoms with Gasteiger partial charge in [0.05, 0.1) is 17.6 Å². The number of rotatable bonds is 6. The number of halogens is 3. The van der Waals surface area contributed by atoms with Crippen LogP contribution in [0.3, 0.4) is 0 Å². The average Bonchev–Trinajstić information content (AvgIpc) is 2.81. The number of aromatic hydroxyl groups is 1. The van der Waals surface area contributed by atoms with Gasteiger partial charge in [-0.25, -0.2) is 4.79 Å². The van der Waals surface area contributed by atoms with Gasteiger partial charge >= 0.3 is 12.3 Å². The number of hydrogen-bond donors (Lipinski definition) is 3. The Morgan fingerprint density at radius 2 is 1.85 bits per heavy atom. The molecule has 0 bridgehead atoms. The third-order valence-corrected chi connectivity index (χ3v) is 5.68. The summed E-state index contributed by atoms with van der Waals surface area (Å²) in [5.41, 5.74) is 0.0364. The van der Waals surface area contributed by atoms with Crippen molar-refractivity contribution in [1.29, 1.82) is 5.26 Å². The summed E-state index contributed by atoms with van der Waals surface area (Å²) in [7, 11) is 0. The normalized spacial score (nSPS) is 18.9. The standard InChI is InChI=1S/C24H24F3N3O4/c25-24(26,27)17-10-8-15(9-11-17)14-34-23(33)30-20-7-2-1-6-19(20)22(32)29-21(13-28)16-4-3-5-18(31)12-16/h3-5,8-12,19-21,31H,1-2,6-7,14H2,(H,29,32)(H,30,33). The molecule has 0 aliphatic heterocycles. The van der Waals surface area contributed by atoms with Gasteiger partial charge < -0.3 is 20.5 Å². The number of nitriles is 1. The summed E-state index contributed by atoms with van der Waals surface area (Å²) in [5.74, 6) is -1.01. The topological polar surface area (TPSA) is 111 Å². The number of phenols is 1. The van der Waals surface area contributed by atoms with Crippen LogP contribution in [0.5, 0.6) is 5.75 Å². The van der Waals surface area contributed by atoms with Crippen molar-refractivity contribution in [3.63, 3.8) is 0 Å². The lowest BCUT2D eigenvalue weighted by molar-refractivity contribution is -0.137. The van der Waals surface area contributed by atoms with Crippen LogP contribution in [0.15, 0.2) is 48.5 Å². The summed E-state index contributed by atoms with van der Waals surface area (Å²) in [6, 6.07) is 10.8. The van der Waals surface area contributed by atoms with Crippen molar-refractivity contribution in [2.75, 3.05) is 0 Å². The van der Waals surface area contributed by atoms with Crippen LogP contribution in [0.4, 0.5) is 18.0 Å². The molecule has 2 aromatic rings. The van der Waals surface area contributed by atoms with E-state index in [0.29, 0.717) is 24.0 Å². The molecule has 2 amide bonds. The van der Waals surface area contributed by atoms with Crippen molar-refractivity contribution in [1.82, 2.24) is 10.6 Å². The van der Waals surface area contributed by atoms with Gasteiger partial charge in [-0.15, -0.1) is 0 Å².